The molecular formula is C26H25N3O3. The van der Waals surface area contributed by atoms with E-state index in [-0.39, 0.29) is 0 Å². The summed E-state index contributed by atoms with van der Waals surface area (Å²) in [6, 6.07) is 16.4. The summed E-state index contributed by atoms with van der Waals surface area (Å²) in [7, 11) is 0. The van der Waals surface area contributed by atoms with Crippen LogP contribution >= 0.6 is 0 Å². The molecule has 4 aromatic rings. The third kappa shape index (κ3) is 3.37. The van der Waals surface area contributed by atoms with E-state index in [9.17, 15) is 5.11 Å². The Morgan fingerprint density at radius 3 is 3.06 bits per heavy atom. The van der Waals surface area contributed by atoms with E-state index in [4.69, 9.17) is 9.15 Å². The molecule has 6 heteroatoms. The van der Waals surface area contributed by atoms with Crippen LogP contribution in [-0.2, 0) is 12.8 Å². The van der Waals surface area contributed by atoms with Crippen molar-refractivity contribution in [2.24, 2.45) is 0 Å². The molecule has 32 heavy (non-hydrogen) atoms. The summed E-state index contributed by atoms with van der Waals surface area (Å²) in [5, 5.41) is 14.8. The van der Waals surface area contributed by atoms with Crippen LogP contribution in [0.3, 0.4) is 0 Å². The van der Waals surface area contributed by atoms with Crippen molar-refractivity contribution in [1.82, 2.24) is 4.98 Å². The van der Waals surface area contributed by atoms with Crippen molar-refractivity contribution in [3.8, 4) is 5.75 Å². The minimum atomic E-state index is -0.459. The highest BCUT2D eigenvalue weighted by atomic mass is 16.5. The molecule has 0 saturated carbocycles. The number of nitrogens with one attached hydrogen (secondary N) is 1. The third-order valence-electron chi connectivity index (χ3n) is 6.48. The van der Waals surface area contributed by atoms with Gasteiger partial charge in [0.25, 0.3) is 0 Å². The average Bonchev–Trinajstić information content (AvgIpc) is 3.42. The van der Waals surface area contributed by atoms with E-state index in [0.29, 0.717) is 6.61 Å². The van der Waals surface area contributed by atoms with Crippen molar-refractivity contribution in [2.75, 3.05) is 29.9 Å². The van der Waals surface area contributed by atoms with Gasteiger partial charge in [0.1, 0.15) is 17.9 Å². The van der Waals surface area contributed by atoms with E-state index < -0.39 is 6.10 Å². The molecule has 0 amide bonds. The smallest absolute Gasteiger partial charge is 0.144 e. The van der Waals surface area contributed by atoms with Crippen LogP contribution in [-0.4, -0.2) is 29.8 Å². The zero-order valence-corrected chi connectivity index (χ0v) is 17.8. The molecule has 0 saturated heterocycles. The van der Waals surface area contributed by atoms with E-state index in [1.807, 2.05) is 24.5 Å². The van der Waals surface area contributed by atoms with Crippen LogP contribution in [0.1, 0.15) is 29.3 Å². The second-order valence-corrected chi connectivity index (χ2v) is 8.43. The number of aliphatic hydroxyl groups is 1. The average molecular weight is 428 g/mol. The van der Waals surface area contributed by atoms with Crippen LogP contribution < -0.4 is 15.0 Å². The Labute approximate surface area is 186 Å². The third-order valence-corrected chi connectivity index (χ3v) is 6.48. The number of nitrogens with zero attached hydrogens (tertiary/aromatic N) is 2. The van der Waals surface area contributed by atoms with Gasteiger partial charge in [-0.3, -0.25) is 4.98 Å². The number of anilines is 3. The Morgan fingerprint density at radius 1 is 1.16 bits per heavy atom. The van der Waals surface area contributed by atoms with Gasteiger partial charge in [0.15, 0.2) is 0 Å². The Bertz CT molecular complexity index is 1280. The molecule has 0 bridgehead atoms. The van der Waals surface area contributed by atoms with Crippen LogP contribution in [0, 0.1) is 0 Å². The SMILES string of the molecule is OC1CCc2c(Nc3ccc4c(c3)OCCN4CCc3coc4ccccc34)ccnc21. The Hall–Kier alpha value is -3.51. The highest BCUT2D eigenvalue weighted by Crippen LogP contribution is 2.38. The first kappa shape index (κ1) is 19.2. The first-order chi connectivity index (χ1) is 15.8. The number of hydrogen-bond donors (Lipinski definition) is 2. The standard InChI is InChI=1S/C26H25N3O3/c30-23-8-6-20-21(9-11-27-26(20)23)28-18-5-7-22-25(15-18)31-14-13-29(22)12-10-17-16-32-24-4-2-1-3-19(17)24/h1-5,7,9,11,15-16,23,30H,6,8,10,12-14H2,(H,27,28). The molecule has 6 rings (SSSR count). The molecule has 1 unspecified atom stereocenters. The summed E-state index contributed by atoms with van der Waals surface area (Å²) in [4.78, 5) is 6.73. The zero-order valence-electron chi connectivity index (χ0n) is 17.8. The van der Waals surface area contributed by atoms with Crippen LogP contribution in [0.15, 0.2) is 65.4 Å². The molecule has 2 aliphatic rings. The lowest BCUT2D eigenvalue weighted by Crippen LogP contribution is -2.34. The fraction of sp³-hybridized carbons (Fsp3) is 0.269. The molecule has 2 N–H and O–H groups in total. The number of pyridine rings is 1. The van der Waals surface area contributed by atoms with Crippen molar-refractivity contribution >= 4 is 28.0 Å². The number of aromatic nitrogens is 1. The Balaban J connectivity index is 1.21. The molecule has 1 aliphatic carbocycles. The summed E-state index contributed by atoms with van der Waals surface area (Å²) in [6.45, 7) is 2.44. The molecule has 6 nitrogen and oxygen atoms in total. The maximum atomic E-state index is 10.1. The van der Waals surface area contributed by atoms with E-state index >= 15 is 0 Å². The van der Waals surface area contributed by atoms with Crippen molar-refractivity contribution in [1.29, 1.82) is 0 Å². The Morgan fingerprint density at radius 2 is 2.09 bits per heavy atom. The monoisotopic (exact) mass is 427 g/mol. The first-order valence-electron chi connectivity index (χ1n) is 11.2. The van der Waals surface area contributed by atoms with Gasteiger partial charge in [0.05, 0.1) is 30.3 Å². The molecule has 0 spiro atoms. The van der Waals surface area contributed by atoms with Crippen LogP contribution in [0.25, 0.3) is 11.0 Å². The molecule has 2 aromatic carbocycles. The van der Waals surface area contributed by atoms with Crippen molar-refractivity contribution in [3.05, 3.63) is 77.8 Å². The van der Waals surface area contributed by atoms with Crippen molar-refractivity contribution in [3.63, 3.8) is 0 Å². The predicted octanol–water partition coefficient (Wildman–Crippen LogP) is 4.99. The number of para-hydroxylation sites is 1. The second-order valence-electron chi connectivity index (χ2n) is 8.43. The molecule has 162 valence electrons. The number of fused-ring (bicyclic) bond motifs is 3. The van der Waals surface area contributed by atoms with E-state index in [0.717, 1.165) is 72.0 Å². The molecule has 0 radical (unpaired) electrons. The zero-order chi connectivity index (χ0) is 21.5. The van der Waals surface area contributed by atoms with Gasteiger partial charge in [-0.25, -0.2) is 0 Å². The van der Waals surface area contributed by atoms with Gasteiger partial charge in [-0.15, -0.1) is 0 Å². The van der Waals surface area contributed by atoms with Gasteiger partial charge in [-0.2, -0.15) is 0 Å². The largest absolute Gasteiger partial charge is 0.489 e. The number of aliphatic hydroxyl groups excluding tert-OH is 1. The van der Waals surface area contributed by atoms with Gasteiger partial charge in [-0.05, 0) is 54.7 Å². The molecule has 1 aliphatic heterocycles. The number of hydrogen-bond acceptors (Lipinski definition) is 6. The van der Waals surface area contributed by atoms with Gasteiger partial charge in [0, 0.05) is 35.6 Å². The summed E-state index contributed by atoms with van der Waals surface area (Å²) in [5.41, 5.74) is 7.17. The molecular weight excluding hydrogens is 402 g/mol. The lowest BCUT2D eigenvalue weighted by atomic mass is 10.1. The van der Waals surface area contributed by atoms with Gasteiger partial charge in [-0.1, -0.05) is 18.2 Å². The van der Waals surface area contributed by atoms with Gasteiger partial charge < -0.3 is 24.5 Å². The van der Waals surface area contributed by atoms with E-state index in [1.54, 1.807) is 6.20 Å². The minimum absolute atomic E-state index is 0.459. The molecule has 1 atom stereocenters. The van der Waals surface area contributed by atoms with Crippen LogP contribution in [0.4, 0.5) is 17.1 Å². The highest BCUT2D eigenvalue weighted by Gasteiger charge is 2.25. The van der Waals surface area contributed by atoms with Crippen LogP contribution in [0.5, 0.6) is 5.75 Å². The topological polar surface area (TPSA) is 70.8 Å². The van der Waals surface area contributed by atoms with Crippen LogP contribution in [0.2, 0.25) is 0 Å². The van der Waals surface area contributed by atoms with Gasteiger partial charge >= 0.3 is 0 Å². The number of rotatable bonds is 5. The maximum absolute atomic E-state index is 10.1. The fourth-order valence-electron chi connectivity index (χ4n) is 4.82. The number of benzene rings is 2. The second kappa shape index (κ2) is 7.88. The predicted molar refractivity (Wildman–Crippen MR) is 125 cm³/mol. The molecule has 0 fully saturated rings. The maximum Gasteiger partial charge on any atom is 0.144 e. The highest BCUT2D eigenvalue weighted by molar-refractivity contribution is 5.81. The van der Waals surface area contributed by atoms with Crippen molar-refractivity contribution in [2.45, 2.75) is 25.4 Å². The van der Waals surface area contributed by atoms with Gasteiger partial charge in [0.2, 0.25) is 0 Å². The first-order valence-corrected chi connectivity index (χ1v) is 11.2. The fourth-order valence-corrected chi connectivity index (χ4v) is 4.82. The summed E-state index contributed by atoms with van der Waals surface area (Å²) >= 11 is 0. The summed E-state index contributed by atoms with van der Waals surface area (Å²) < 4.78 is 11.7. The van der Waals surface area contributed by atoms with Crippen molar-refractivity contribution < 1.29 is 14.3 Å². The number of furan rings is 1. The quantitative estimate of drug-likeness (QED) is 0.467. The summed E-state index contributed by atoms with van der Waals surface area (Å²) in [6.07, 6.45) is 5.66. The lowest BCUT2D eigenvalue weighted by molar-refractivity contribution is 0.176. The van der Waals surface area contributed by atoms with E-state index in [2.05, 4.69) is 45.5 Å². The van der Waals surface area contributed by atoms with E-state index in [1.165, 1.54) is 10.9 Å². The molecule has 2 aromatic heterocycles. The number of ether oxygens (including phenoxy) is 1. The minimum Gasteiger partial charge on any atom is -0.489 e. The molecule has 3 heterocycles. The Kier molecular flexibility index (Phi) is 4.72. The normalized spacial score (nSPS) is 17.2. The lowest BCUT2D eigenvalue weighted by Gasteiger charge is -2.31. The summed E-state index contributed by atoms with van der Waals surface area (Å²) in [5.74, 6) is 0.893.